The van der Waals surface area contributed by atoms with Crippen LogP contribution in [0.1, 0.15) is 12.5 Å². The van der Waals surface area contributed by atoms with Crippen LogP contribution in [0.15, 0.2) is 65.4 Å². The van der Waals surface area contributed by atoms with Crippen molar-refractivity contribution in [2.24, 2.45) is 0 Å². The first-order chi connectivity index (χ1) is 13.9. The smallest absolute Gasteiger partial charge is 0.340 e. The van der Waals surface area contributed by atoms with Crippen molar-refractivity contribution < 1.29 is 24.0 Å². The second-order valence-corrected chi connectivity index (χ2v) is 6.16. The third-order valence-electron chi connectivity index (χ3n) is 4.55. The molecule has 2 aromatic rings. The average molecular weight is 394 g/mol. The summed E-state index contributed by atoms with van der Waals surface area (Å²) in [7, 11) is 2.75. The second kappa shape index (κ2) is 7.97. The molecule has 0 aromatic heterocycles. The molecule has 0 saturated heterocycles. The zero-order chi connectivity index (χ0) is 21.1. The van der Waals surface area contributed by atoms with Crippen molar-refractivity contribution in [2.45, 2.75) is 6.92 Å². The summed E-state index contributed by atoms with van der Waals surface area (Å²) in [6.07, 6.45) is 1.35. The van der Waals surface area contributed by atoms with Crippen LogP contribution in [0.5, 0.6) is 5.75 Å². The van der Waals surface area contributed by atoms with Crippen molar-refractivity contribution in [3.8, 4) is 5.75 Å². The number of amides is 1. The van der Waals surface area contributed by atoms with Crippen molar-refractivity contribution in [3.63, 3.8) is 0 Å². The fraction of sp³-hybridized carbons (Fsp3) is 0.143. The fourth-order valence-corrected chi connectivity index (χ4v) is 3.15. The largest absolute Gasteiger partial charge is 0.497 e. The number of hydrogen-bond donors (Lipinski definition) is 0. The number of benzene rings is 2. The third-order valence-corrected chi connectivity index (χ3v) is 4.55. The van der Waals surface area contributed by atoms with E-state index in [1.807, 2.05) is 0 Å². The van der Waals surface area contributed by atoms with Gasteiger partial charge in [-0.15, -0.1) is 0 Å². The Morgan fingerprint density at radius 2 is 1.76 bits per heavy atom. The second-order valence-electron chi connectivity index (χ2n) is 6.16. The zero-order valence-corrected chi connectivity index (χ0v) is 16.0. The molecule has 1 heterocycles. The summed E-state index contributed by atoms with van der Waals surface area (Å²) >= 11 is 0. The number of rotatable bonds is 5. The molecule has 0 N–H and O–H groups in total. The zero-order valence-electron chi connectivity index (χ0n) is 16.0. The van der Waals surface area contributed by atoms with Crippen LogP contribution in [0.2, 0.25) is 0 Å². The van der Waals surface area contributed by atoms with Crippen LogP contribution in [0.25, 0.3) is 6.08 Å². The van der Waals surface area contributed by atoms with Crippen molar-refractivity contribution in [1.29, 1.82) is 0 Å². The lowest BCUT2D eigenvalue weighted by Crippen LogP contribution is -2.24. The first-order valence-electron chi connectivity index (χ1n) is 8.62. The van der Waals surface area contributed by atoms with E-state index in [4.69, 9.17) is 9.47 Å². The number of nitro groups is 1. The maximum absolute atomic E-state index is 13.2. The van der Waals surface area contributed by atoms with Gasteiger partial charge in [-0.05, 0) is 43.3 Å². The average Bonchev–Trinajstić information content (AvgIpc) is 2.97. The van der Waals surface area contributed by atoms with Crippen LogP contribution >= 0.6 is 0 Å². The van der Waals surface area contributed by atoms with E-state index in [1.54, 1.807) is 37.3 Å². The number of para-hydroxylation sites is 1. The molecule has 1 amide bonds. The normalized spacial score (nSPS) is 15.1. The number of anilines is 1. The van der Waals surface area contributed by atoms with E-state index in [-0.39, 0.29) is 22.4 Å². The molecule has 1 aliphatic rings. The number of allylic oxidation sites excluding steroid dienone is 1. The summed E-state index contributed by atoms with van der Waals surface area (Å²) in [6.45, 7) is 1.62. The first kappa shape index (κ1) is 19.8. The van der Waals surface area contributed by atoms with Crippen LogP contribution in [0.4, 0.5) is 11.4 Å². The summed E-state index contributed by atoms with van der Waals surface area (Å²) < 4.78 is 9.98. The van der Waals surface area contributed by atoms with Crippen molar-refractivity contribution in [3.05, 3.63) is 81.1 Å². The highest BCUT2D eigenvalue weighted by atomic mass is 16.6. The number of carbonyl (C=O) groups is 2. The molecule has 0 atom stereocenters. The molecule has 0 fully saturated rings. The highest BCUT2D eigenvalue weighted by molar-refractivity contribution is 6.24. The van der Waals surface area contributed by atoms with Gasteiger partial charge in [-0.3, -0.25) is 19.8 Å². The molecule has 8 nitrogen and oxygen atoms in total. The van der Waals surface area contributed by atoms with Crippen LogP contribution in [0, 0.1) is 10.1 Å². The summed E-state index contributed by atoms with van der Waals surface area (Å²) in [6, 6.07) is 12.7. The Kier molecular flexibility index (Phi) is 5.45. The minimum absolute atomic E-state index is 0.0273. The van der Waals surface area contributed by atoms with Gasteiger partial charge in [0, 0.05) is 17.5 Å². The van der Waals surface area contributed by atoms with E-state index in [9.17, 15) is 19.7 Å². The molecule has 0 saturated carbocycles. The Bertz CT molecular complexity index is 1050. The quantitative estimate of drug-likeness (QED) is 0.333. The Morgan fingerprint density at radius 3 is 2.34 bits per heavy atom. The van der Waals surface area contributed by atoms with E-state index >= 15 is 0 Å². The third kappa shape index (κ3) is 3.60. The van der Waals surface area contributed by atoms with Gasteiger partial charge in [-0.25, -0.2) is 4.79 Å². The Hall–Kier alpha value is -3.94. The van der Waals surface area contributed by atoms with Crippen LogP contribution in [-0.4, -0.2) is 31.0 Å². The Balaban J connectivity index is 2.16. The molecule has 0 spiro atoms. The number of nitrogens with zero attached hydrogens (tertiary/aromatic N) is 2. The summed E-state index contributed by atoms with van der Waals surface area (Å²) in [5, 5.41) is 11.3. The summed E-state index contributed by atoms with van der Waals surface area (Å²) in [4.78, 5) is 37.8. The van der Waals surface area contributed by atoms with Gasteiger partial charge in [-0.2, -0.15) is 0 Å². The van der Waals surface area contributed by atoms with Crippen molar-refractivity contribution >= 4 is 29.3 Å². The van der Waals surface area contributed by atoms with E-state index in [0.717, 1.165) is 0 Å². The minimum Gasteiger partial charge on any atom is -0.497 e. The molecule has 1 aliphatic heterocycles. The van der Waals surface area contributed by atoms with Crippen LogP contribution in [0.3, 0.4) is 0 Å². The molecular formula is C21H18N2O6. The Morgan fingerprint density at radius 1 is 1.10 bits per heavy atom. The monoisotopic (exact) mass is 394 g/mol. The van der Waals surface area contributed by atoms with Gasteiger partial charge < -0.3 is 9.47 Å². The number of hydrogen-bond acceptors (Lipinski definition) is 6. The standard InChI is InChI=1S/C21H18N2O6/c1-13-19(21(25)29-3)17(12-14-6-4-5-7-18(14)23(26)27)20(24)22(13)15-8-10-16(28-2)11-9-15/h4-12H,1-3H3. The van der Waals surface area contributed by atoms with Gasteiger partial charge in [0.1, 0.15) is 5.75 Å². The van der Waals surface area contributed by atoms with Gasteiger partial charge in [0.25, 0.3) is 11.6 Å². The van der Waals surface area contributed by atoms with Gasteiger partial charge in [-0.1, -0.05) is 12.1 Å². The number of ether oxygens (including phenoxy) is 2. The van der Waals surface area contributed by atoms with Gasteiger partial charge in [0.05, 0.1) is 35.9 Å². The molecule has 8 heteroatoms. The lowest BCUT2D eigenvalue weighted by molar-refractivity contribution is -0.385. The van der Waals surface area contributed by atoms with Crippen LogP contribution in [-0.2, 0) is 14.3 Å². The number of nitro benzene ring substituents is 1. The molecule has 148 valence electrons. The summed E-state index contributed by atoms with van der Waals surface area (Å²) in [5.41, 5.74) is 1.03. The van der Waals surface area contributed by atoms with E-state index in [0.29, 0.717) is 17.1 Å². The van der Waals surface area contributed by atoms with Crippen LogP contribution < -0.4 is 9.64 Å². The molecule has 29 heavy (non-hydrogen) atoms. The topological polar surface area (TPSA) is 99.0 Å². The molecule has 0 aliphatic carbocycles. The number of carbonyl (C=O) groups excluding carboxylic acids is 2. The molecular weight excluding hydrogens is 376 g/mol. The highest BCUT2D eigenvalue weighted by Crippen LogP contribution is 2.36. The van der Waals surface area contributed by atoms with E-state index < -0.39 is 16.8 Å². The molecule has 2 aromatic carbocycles. The lowest BCUT2D eigenvalue weighted by atomic mass is 10.0. The van der Waals surface area contributed by atoms with Gasteiger partial charge in [0.2, 0.25) is 0 Å². The van der Waals surface area contributed by atoms with E-state index in [1.165, 1.54) is 43.4 Å². The summed E-state index contributed by atoms with van der Waals surface area (Å²) in [5.74, 6) is -0.561. The fourth-order valence-electron chi connectivity index (χ4n) is 3.15. The van der Waals surface area contributed by atoms with E-state index in [2.05, 4.69) is 0 Å². The highest BCUT2D eigenvalue weighted by Gasteiger charge is 2.38. The van der Waals surface area contributed by atoms with Gasteiger partial charge >= 0.3 is 5.97 Å². The SMILES string of the molecule is COC(=O)C1=C(C)N(c2ccc(OC)cc2)C(=O)C1=Cc1ccccc1[N+](=O)[O-]. The molecule has 0 unspecified atom stereocenters. The van der Waals surface area contributed by atoms with Crippen molar-refractivity contribution in [1.82, 2.24) is 0 Å². The first-order valence-corrected chi connectivity index (χ1v) is 8.62. The predicted molar refractivity (Wildman–Crippen MR) is 106 cm³/mol. The maximum atomic E-state index is 13.2. The maximum Gasteiger partial charge on any atom is 0.340 e. The predicted octanol–water partition coefficient (Wildman–Crippen LogP) is 3.48. The lowest BCUT2D eigenvalue weighted by Gasteiger charge is -2.18. The van der Waals surface area contributed by atoms with Gasteiger partial charge in [0.15, 0.2) is 0 Å². The minimum atomic E-state index is -0.698. The molecule has 3 rings (SSSR count). The number of methoxy groups -OCH3 is 2. The number of esters is 1. The Labute approximate surface area is 166 Å². The molecule has 0 radical (unpaired) electrons. The molecule has 0 bridgehead atoms. The van der Waals surface area contributed by atoms with Crippen molar-refractivity contribution in [2.75, 3.05) is 19.1 Å².